The summed E-state index contributed by atoms with van der Waals surface area (Å²) in [6, 6.07) is 3.15. The number of nitriles is 1. The number of aromatic nitrogens is 2. The first kappa shape index (κ1) is 15.8. The number of likely N-dealkylation sites (tertiary alicyclic amines) is 1. The van der Waals surface area contributed by atoms with Crippen LogP contribution in [0.1, 0.15) is 49.4 Å². The van der Waals surface area contributed by atoms with Crippen LogP contribution in [-0.4, -0.2) is 34.1 Å². The second-order valence-corrected chi connectivity index (χ2v) is 6.34. The van der Waals surface area contributed by atoms with Crippen LogP contribution in [0.2, 0.25) is 0 Å². The molecule has 1 saturated heterocycles. The largest absolute Gasteiger partial charge is 0.435 e. The number of nitrogens with one attached hydrogen (secondary N) is 1. The van der Waals surface area contributed by atoms with Crippen molar-refractivity contribution in [3.63, 3.8) is 0 Å². The van der Waals surface area contributed by atoms with Crippen molar-refractivity contribution in [3.05, 3.63) is 17.5 Å². The highest BCUT2D eigenvalue weighted by Crippen LogP contribution is 2.43. The maximum atomic E-state index is 12.6. The molecule has 2 aliphatic rings. The summed E-state index contributed by atoms with van der Waals surface area (Å²) in [4.78, 5) is 14.2. The van der Waals surface area contributed by atoms with E-state index in [2.05, 4.69) is 16.3 Å². The van der Waals surface area contributed by atoms with Gasteiger partial charge in [0, 0.05) is 24.7 Å². The molecule has 0 unspecified atom stereocenters. The fourth-order valence-corrected chi connectivity index (χ4v) is 3.31. The number of H-pyrrole nitrogens is 1. The zero-order valence-corrected chi connectivity index (χ0v) is 12.5. The number of piperidine rings is 1. The van der Waals surface area contributed by atoms with E-state index in [-0.39, 0.29) is 11.8 Å². The number of halogens is 3. The van der Waals surface area contributed by atoms with Crippen molar-refractivity contribution in [2.45, 2.75) is 44.2 Å². The van der Waals surface area contributed by atoms with Gasteiger partial charge in [-0.05, 0) is 38.2 Å². The summed E-state index contributed by atoms with van der Waals surface area (Å²) < 4.78 is 37.9. The van der Waals surface area contributed by atoms with Gasteiger partial charge in [-0.15, -0.1) is 0 Å². The van der Waals surface area contributed by atoms with E-state index in [1.54, 1.807) is 4.90 Å². The van der Waals surface area contributed by atoms with Gasteiger partial charge in [0.25, 0.3) is 0 Å². The van der Waals surface area contributed by atoms with Crippen LogP contribution in [0.25, 0.3) is 0 Å². The Labute approximate surface area is 131 Å². The summed E-state index contributed by atoms with van der Waals surface area (Å²) in [5, 5.41) is 15.0. The maximum Gasteiger partial charge on any atom is 0.435 e. The molecule has 124 valence electrons. The Hall–Kier alpha value is -2.04. The Bertz CT molecular complexity index is 642. The fraction of sp³-hybridized carbons (Fsp3) is 0.667. The molecule has 23 heavy (non-hydrogen) atoms. The van der Waals surface area contributed by atoms with Crippen molar-refractivity contribution in [1.82, 2.24) is 15.1 Å². The van der Waals surface area contributed by atoms with E-state index < -0.39 is 17.3 Å². The number of hydrogen-bond acceptors (Lipinski definition) is 3. The van der Waals surface area contributed by atoms with Crippen LogP contribution < -0.4 is 0 Å². The van der Waals surface area contributed by atoms with Gasteiger partial charge in [0.05, 0.1) is 6.07 Å². The van der Waals surface area contributed by atoms with E-state index in [9.17, 15) is 23.2 Å². The molecule has 1 saturated carbocycles. The average molecular weight is 326 g/mol. The third kappa shape index (κ3) is 2.80. The number of carbonyl (C=O) groups is 1. The molecular weight excluding hydrogens is 309 g/mol. The molecule has 0 spiro atoms. The number of carbonyl (C=O) groups excluding carboxylic acids is 1. The molecule has 1 aromatic rings. The molecule has 1 aliphatic carbocycles. The maximum absolute atomic E-state index is 12.6. The van der Waals surface area contributed by atoms with Crippen molar-refractivity contribution in [2.75, 3.05) is 13.1 Å². The van der Waals surface area contributed by atoms with E-state index in [0.29, 0.717) is 44.5 Å². The van der Waals surface area contributed by atoms with Gasteiger partial charge < -0.3 is 4.90 Å². The van der Waals surface area contributed by atoms with Crippen molar-refractivity contribution in [2.24, 2.45) is 5.41 Å². The number of nitrogens with zero attached hydrogens (tertiary/aromatic N) is 3. The number of amides is 1. The highest BCUT2D eigenvalue weighted by molar-refractivity contribution is 5.86. The molecule has 1 atom stereocenters. The lowest BCUT2D eigenvalue weighted by Crippen LogP contribution is -2.50. The van der Waals surface area contributed by atoms with Gasteiger partial charge in [-0.3, -0.25) is 9.89 Å². The predicted molar refractivity (Wildman–Crippen MR) is 74.0 cm³/mol. The Balaban J connectivity index is 1.73. The minimum Gasteiger partial charge on any atom is -0.341 e. The summed E-state index contributed by atoms with van der Waals surface area (Å²) in [6.45, 7) is 0.890. The number of aromatic amines is 1. The molecule has 1 N–H and O–H groups in total. The van der Waals surface area contributed by atoms with E-state index in [4.69, 9.17) is 0 Å². The van der Waals surface area contributed by atoms with Gasteiger partial charge in [-0.1, -0.05) is 0 Å². The lowest BCUT2D eigenvalue weighted by atomic mass is 9.68. The number of alkyl halides is 3. The normalized spacial score (nSPS) is 23.9. The van der Waals surface area contributed by atoms with Gasteiger partial charge >= 0.3 is 6.18 Å². The molecular formula is C15H17F3N4O. The monoisotopic (exact) mass is 326 g/mol. The van der Waals surface area contributed by atoms with Crippen LogP contribution in [0.5, 0.6) is 0 Å². The summed E-state index contributed by atoms with van der Waals surface area (Å²) in [7, 11) is 0. The third-order valence-corrected chi connectivity index (χ3v) is 4.87. The molecule has 0 bridgehead atoms. The van der Waals surface area contributed by atoms with Gasteiger partial charge in [0.15, 0.2) is 5.69 Å². The van der Waals surface area contributed by atoms with Crippen LogP contribution in [0.4, 0.5) is 13.2 Å². The molecule has 2 fully saturated rings. The second-order valence-electron chi connectivity index (χ2n) is 6.34. The van der Waals surface area contributed by atoms with E-state index in [0.717, 1.165) is 12.5 Å². The third-order valence-electron chi connectivity index (χ3n) is 4.87. The zero-order chi connectivity index (χ0) is 16.7. The number of rotatable bonds is 2. The SMILES string of the molecule is N#CC1(C(=O)N2CCC[C@@H](c3cc(C(F)(F)F)n[nH]3)C2)CCC1. The van der Waals surface area contributed by atoms with Crippen molar-refractivity contribution in [3.8, 4) is 6.07 Å². The molecule has 0 radical (unpaired) electrons. The minimum atomic E-state index is -4.48. The molecule has 3 rings (SSSR count). The first-order chi connectivity index (χ1) is 10.9. The molecule has 2 heterocycles. The lowest BCUT2D eigenvalue weighted by molar-refractivity contribution is -0.144. The molecule has 1 aromatic heterocycles. The summed E-state index contributed by atoms with van der Waals surface area (Å²) >= 11 is 0. The van der Waals surface area contributed by atoms with Crippen molar-refractivity contribution < 1.29 is 18.0 Å². The van der Waals surface area contributed by atoms with Crippen LogP contribution in [-0.2, 0) is 11.0 Å². The van der Waals surface area contributed by atoms with Crippen molar-refractivity contribution >= 4 is 5.91 Å². The van der Waals surface area contributed by atoms with Gasteiger partial charge in [0.2, 0.25) is 5.91 Å². The topological polar surface area (TPSA) is 72.8 Å². The average Bonchev–Trinajstić information content (AvgIpc) is 2.97. The first-order valence-electron chi connectivity index (χ1n) is 7.69. The highest BCUT2D eigenvalue weighted by atomic mass is 19.4. The Kier molecular flexibility index (Phi) is 3.82. The van der Waals surface area contributed by atoms with Crippen molar-refractivity contribution in [1.29, 1.82) is 5.26 Å². The standard InChI is InChI=1S/C15H17F3N4O/c16-15(17,18)12-7-11(20-21-12)10-3-1-6-22(8-10)13(23)14(9-19)4-2-5-14/h7,10H,1-6,8H2,(H,20,21)/t10-/m1/s1. The quantitative estimate of drug-likeness (QED) is 0.908. The zero-order valence-electron chi connectivity index (χ0n) is 12.5. The van der Waals surface area contributed by atoms with Crippen LogP contribution in [0, 0.1) is 16.7 Å². The summed E-state index contributed by atoms with van der Waals surface area (Å²) in [5.41, 5.74) is -1.45. The molecule has 5 nitrogen and oxygen atoms in total. The predicted octanol–water partition coefficient (Wildman–Crippen LogP) is 2.83. The molecule has 0 aromatic carbocycles. The molecule has 1 aliphatic heterocycles. The highest BCUT2D eigenvalue weighted by Gasteiger charge is 2.47. The fourth-order valence-electron chi connectivity index (χ4n) is 3.31. The van der Waals surface area contributed by atoms with E-state index in [1.165, 1.54) is 0 Å². The van der Waals surface area contributed by atoms with Crippen LogP contribution in [0.15, 0.2) is 6.07 Å². The van der Waals surface area contributed by atoms with Gasteiger partial charge in [-0.2, -0.15) is 23.5 Å². The summed E-state index contributed by atoms with van der Waals surface area (Å²) in [6.07, 6.45) is -1.06. The number of hydrogen-bond donors (Lipinski definition) is 1. The lowest BCUT2D eigenvalue weighted by Gasteiger charge is -2.41. The summed E-state index contributed by atoms with van der Waals surface area (Å²) in [5.74, 6) is -0.376. The Morgan fingerprint density at radius 3 is 2.70 bits per heavy atom. The van der Waals surface area contributed by atoms with E-state index in [1.807, 2.05) is 0 Å². The van der Waals surface area contributed by atoms with Gasteiger partial charge in [0.1, 0.15) is 5.41 Å². The van der Waals surface area contributed by atoms with Crippen LogP contribution in [0.3, 0.4) is 0 Å². The smallest absolute Gasteiger partial charge is 0.341 e. The minimum absolute atomic E-state index is 0.175. The Morgan fingerprint density at radius 2 is 2.17 bits per heavy atom. The van der Waals surface area contributed by atoms with E-state index >= 15 is 0 Å². The Morgan fingerprint density at radius 1 is 1.43 bits per heavy atom. The first-order valence-corrected chi connectivity index (χ1v) is 7.69. The second kappa shape index (κ2) is 5.55. The van der Waals surface area contributed by atoms with Gasteiger partial charge in [-0.25, -0.2) is 0 Å². The molecule has 8 heteroatoms. The van der Waals surface area contributed by atoms with Crippen LogP contribution >= 0.6 is 0 Å². The molecule has 1 amide bonds.